The molecule has 0 bridgehead atoms. The molecule has 0 spiro atoms. The third-order valence-corrected chi connectivity index (χ3v) is 6.92. The largest absolute Gasteiger partial charge is 0.376 e. The van der Waals surface area contributed by atoms with Crippen molar-refractivity contribution in [2.24, 2.45) is 5.92 Å². The van der Waals surface area contributed by atoms with E-state index in [1.54, 1.807) is 11.8 Å². The van der Waals surface area contributed by atoms with E-state index in [1.165, 1.54) is 17.7 Å². The second kappa shape index (κ2) is 9.34. The van der Waals surface area contributed by atoms with Crippen LogP contribution in [0.15, 0.2) is 5.16 Å². The first-order valence-corrected chi connectivity index (χ1v) is 11.6. The van der Waals surface area contributed by atoms with Gasteiger partial charge in [-0.15, -0.1) is 10.2 Å². The fraction of sp³-hybridized carbons (Fsp3) is 0.789. The van der Waals surface area contributed by atoms with E-state index in [1.807, 2.05) is 0 Å². The van der Waals surface area contributed by atoms with E-state index in [2.05, 4.69) is 31.9 Å². The molecule has 0 aromatic carbocycles. The van der Waals surface area contributed by atoms with Gasteiger partial charge in [0.1, 0.15) is 0 Å². The molecule has 4 rings (SSSR count). The average molecular weight is 423 g/mol. The van der Waals surface area contributed by atoms with Crippen molar-refractivity contribution in [1.29, 1.82) is 0 Å². The number of urea groups is 1. The fourth-order valence-electron chi connectivity index (χ4n) is 4.05. The number of imide groups is 1. The molecule has 160 valence electrons. The molecule has 1 atom stereocenters. The number of hydrogen-bond donors (Lipinski definition) is 1. The fourth-order valence-corrected chi connectivity index (χ4v) is 4.92. The highest BCUT2D eigenvalue weighted by Gasteiger charge is 2.28. The van der Waals surface area contributed by atoms with Crippen LogP contribution >= 0.6 is 11.8 Å². The predicted molar refractivity (Wildman–Crippen MR) is 110 cm³/mol. The summed E-state index contributed by atoms with van der Waals surface area (Å²) < 4.78 is 8.08. The van der Waals surface area contributed by atoms with E-state index >= 15 is 0 Å². The van der Waals surface area contributed by atoms with Crippen LogP contribution in [0.2, 0.25) is 0 Å². The molecule has 1 unspecified atom stereocenters. The Morgan fingerprint density at radius 3 is 2.72 bits per heavy atom. The number of nitrogens with zero attached hydrogens (tertiary/aromatic N) is 5. The zero-order chi connectivity index (χ0) is 20.2. The summed E-state index contributed by atoms with van der Waals surface area (Å²) in [5.41, 5.74) is 0. The molecule has 3 aliphatic heterocycles. The molecular weight excluding hydrogens is 392 g/mol. The maximum Gasteiger partial charge on any atom is 0.324 e. The molecule has 1 aromatic heterocycles. The van der Waals surface area contributed by atoms with Crippen LogP contribution < -0.4 is 10.2 Å². The van der Waals surface area contributed by atoms with Crippen LogP contribution in [-0.4, -0.2) is 76.2 Å². The van der Waals surface area contributed by atoms with Crippen molar-refractivity contribution in [3.8, 4) is 0 Å². The van der Waals surface area contributed by atoms with Crippen LogP contribution in [0, 0.1) is 5.92 Å². The summed E-state index contributed by atoms with van der Waals surface area (Å²) in [5, 5.41) is 12.4. The predicted octanol–water partition coefficient (Wildman–Crippen LogP) is 1.73. The highest BCUT2D eigenvalue weighted by molar-refractivity contribution is 7.99. The van der Waals surface area contributed by atoms with Crippen molar-refractivity contribution in [3.05, 3.63) is 0 Å². The van der Waals surface area contributed by atoms with Gasteiger partial charge >= 0.3 is 6.03 Å². The molecule has 1 aromatic rings. The standard InChI is InChI=1S/C19H30N6O3S/c1-14-5-8-23(9-6-14)17-21-22-19(25(17)13-15-4-2-10-28-15)29-11-3-7-24-16(26)12-20-18(24)27/h14-15H,2-13H2,1H3,(H,20,27). The number of aromatic nitrogens is 3. The Morgan fingerprint density at radius 1 is 1.21 bits per heavy atom. The molecule has 0 radical (unpaired) electrons. The van der Waals surface area contributed by atoms with E-state index in [4.69, 9.17) is 4.74 Å². The van der Waals surface area contributed by atoms with E-state index in [-0.39, 0.29) is 24.6 Å². The second-order valence-electron chi connectivity index (χ2n) is 8.10. The van der Waals surface area contributed by atoms with Gasteiger partial charge in [-0.25, -0.2) is 4.79 Å². The van der Waals surface area contributed by atoms with Crippen LogP contribution in [0.5, 0.6) is 0 Å². The lowest BCUT2D eigenvalue weighted by atomic mass is 10.00. The van der Waals surface area contributed by atoms with Gasteiger partial charge in [-0.2, -0.15) is 0 Å². The van der Waals surface area contributed by atoms with Crippen molar-refractivity contribution < 1.29 is 14.3 Å². The van der Waals surface area contributed by atoms with Gasteiger partial charge in [0, 0.05) is 32.0 Å². The van der Waals surface area contributed by atoms with Crippen molar-refractivity contribution in [2.75, 3.05) is 43.4 Å². The van der Waals surface area contributed by atoms with Crippen LogP contribution in [-0.2, 0) is 16.1 Å². The summed E-state index contributed by atoms with van der Waals surface area (Å²) in [6, 6.07) is -0.289. The smallest absolute Gasteiger partial charge is 0.324 e. The Labute approximate surface area is 175 Å². The maximum atomic E-state index is 11.7. The molecule has 4 heterocycles. The highest BCUT2D eigenvalue weighted by atomic mass is 32.2. The molecule has 10 heteroatoms. The summed E-state index contributed by atoms with van der Waals surface area (Å²) in [4.78, 5) is 27.0. The van der Waals surface area contributed by atoms with E-state index < -0.39 is 0 Å². The summed E-state index contributed by atoms with van der Waals surface area (Å²) >= 11 is 1.64. The second-order valence-corrected chi connectivity index (χ2v) is 9.17. The van der Waals surface area contributed by atoms with Gasteiger partial charge in [0.05, 0.1) is 19.2 Å². The minimum atomic E-state index is -0.289. The first-order valence-electron chi connectivity index (χ1n) is 10.6. The molecular formula is C19H30N6O3S. The van der Waals surface area contributed by atoms with Crippen LogP contribution in [0.3, 0.4) is 0 Å². The lowest BCUT2D eigenvalue weighted by Gasteiger charge is -2.31. The summed E-state index contributed by atoms with van der Waals surface area (Å²) in [6.07, 6.45) is 5.50. The monoisotopic (exact) mass is 422 g/mol. The van der Waals surface area contributed by atoms with E-state index in [0.29, 0.717) is 6.54 Å². The SMILES string of the molecule is CC1CCN(c2nnc(SCCCN3C(=O)CNC3=O)n2CC2CCCO2)CC1. The number of anilines is 1. The Balaban J connectivity index is 1.38. The molecule has 29 heavy (non-hydrogen) atoms. The van der Waals surface area contributed by atoms with Crippen molar-refractivity contribution in [2.45, 2.75) is 56.8 Å². The summed E-state index contributed by atoms with van der Waals surface area (Å²) in [5.74, 6) is 2.34. The molecule has 0 aliphatic carbocycles. The molecule has 3 fully saturated rings. The molecule has 1 N–H and O–H groups in total. The number of piperidine rings is 1. The zero-order valence-corrected chi connectivity index (χ0v) is 17.8. The highest BCUT2D eigenvalue weighted by Crippen LogP contribution is 2.28. The Hall–Kier alpha value is -1.81. The number of carbonyl (C=O) groups is 2. The lowest BCUT2D eigenvalue weighted by molar-refractivity contribution is -0.124. The summed E-state index contributed by atoms with van der Waals surface area (Å²) in [7, 11) is 0. The van der Waals surface area contributed by atoms with Gasteiger partial charge in [-0.1, -0.05) is 18.7 Å². The number of ether oxygens (including phenoxy) is 1. The normalized spacial score (nSPS) is 23.3. The minimum Gasteiger partial charge on any atom is -0.376 e. The first kappa shape index (κ1) is 20.5. The molecule has 9 nitrogen and oxygen atoms in total. The topological polar surface area (TPSA) is 92.6 Å². The Morgan fingerprint density at radius 2 is 2.03 bits per heavy atom. The first-order chi connectivity index (χ1) is 14.1. The quantitative estimate of drug-likeness (QED) is 0.387. The van der Waals surface area contributed by atoms with Crippen LogP contribution in [0.25, 0.3) is 0 Å². The average Bonchev–Trinajstić information content (AvgIpc) is 3.44. The van der Waals surface area contributed by atoms with Crippen molar-refractivity contribution >= 4 is 29.6 Å². The number of hydrogen-bond acceptors (Lipinski definition) is 7. The maximum absolute atomic E-state index is 11.7. The number of amides is 3. The number of carbonyl (C=O) groups excluding carboxylic acids is 2. The lowest BCUT2D eigenvalue weighted by Crippen LogP contribution is -2.35. The van der Waals surface area contributed by atoms with E-state index in [0.717, 1.165) is 68.3 Å². The zero-order valence-electron chi connectivity index (χ0n) is 17.0. The van der Waals surface area contributed by atoms with Gasteiger partial charge < -0.3 is 15.0 Å². The molecule has 0 saturated carbocycles. The third kappa shape index (κ3) is 4.85. The van der Waals surface area contributed by atoms with Gasteiger partial charge in [0.25, 0.3) is 0 Å². The minimum absolute atomic E-state index is 0.111. The van der Waals surface area contributed by atoms with Crippen LogP contribution in [0.4, 0.5) is 10.7 Å². The molecule has 3 saturated heterocycles. The molecule has 3 amide bonds. The Bertz CT molecular complexity index is 712. The summed E-state index contributed by atoms with van der Waals surface area (Å²) in [6.45, 7) is 6.50. The van der Waals surface area contributed by atoms with Gasteiger partial charge in [-0.3, -0.25) is 14.3 Å². The number of thioether (sulfide) groups is 1. The number of rotatable bonds is 8. The van der Waals surface area contributed by atoms with E-state index in [9.17, 15) is 9.59 Å². The third-order valence-electron chi connectivity index (χ3n) is 5.87. The Kier molecular flexibility index (Phi) is 6.59. The van der Waals surface area contributed by atoms with Gasteiger partial charge in [-0.05, 0) is 38.0 Å². The van der Waals surface area contributed by atoms with Gasteiger partial charge in [0.15, 0.2) is 5.16 Å². The van der Waals surface area contributed by atoms with Crippen molar-refractivity contribution in [1.82, 2.24) is 25.0 Å². The van der Waals surface area contributed by atoms with Crippen molar-refractivity contribution in [3.63, 3.8) is 0 Å². The number of nitrogens with one attached hydrogen (secondary N) is 1. The van der Waals surface area contributed by atoms with Gasteiger partial charge in [0.2, 0.25) is 11.9 Å². The molecule has 3 aliphatic rings. The van der Waals surface area contributed by atoms with Crippen LogP contribution in [0.1, 0.15) is 39.0 Å².